The highest BCUT2D eigenvalue weighted by Crippen LogP contribution is 2.17. The van der Waals surface area contributed by atoms with E-state index >= 15 is 0 Å². The molecule has 0 bridgehead atoms. The van der Waals surface area contributed by atoms with Crippen molar-refractivity contribution in [2.75, 3.05) is 19.6 Å². The summed E-state index contributed by atoms with van der Waals surface area (Å²) in [5.41, 5.74) is 3.34. The number of amides is 1. The van der Waals surface area contributed by atoms with Crippen LogP contribution in [-0.2, 0) is 11.3 Å². The van der Waals surface area contributed by atoms with Gasteiger partial charge in [-0.3, -0.25) is 14.5 Å². The number of aromatic amines is 1. The van der Waals surface area contributed by atoms with Crippen molar-refractivity contribution >= 4 is 23.7 Å². The van der Waals surface area contributed by atoms with Gasteiger partial charge in [0, 0.05) is 36.9 Å². The Morgan fingerprint density at radius 3 is 3.08 bits per heavy atom. The summed E-state index contributed by atoms with van der Waals surface area (Å²) in [4.78, 5) is 33.9. The molecule has 1 fully saturated rings. The van der Waals surface area contributed by atoms with Gasteiger partial charge in [-0.1, -0.05) is 0 Å². The average molecular weight is 351 g/mol. The summed E-state index contributed by atoms with van der Waals surface area (Å²) in [6.45, 7) is 3.48. The summed E-state index contributed by atoms with van der Waals surface area (Å²) >= 11 is 1.44. The Labute approximate surface area is 143 Å². The van der Waals surface area contributed by atoms with Crippen molar-refractivity contribution in [2.45, 2.75) is 19.4 Å². The first-order valence-corrected chi connectivity index (χ1v) is 8.61. The molecule has 3 N–H and O–H groups in total. The summed E-state index contributed by atoms with van der Waals surface area (Å²) in [7, 11) is 0. The normalized spacial score (nSPS) is 17.6. The number of rotatable bonds is 5. The number of nitrogens with zero attached hydrogens (tertiary/aromatic N) is 3. The predicted octanol–water partition coefficient (Wildman–Crippen LogP) is 1.21. The van der Waals surface area contributed by atoms with E-state index in [1.807, 2.05) is 6.20 Å². The Balaban J connectivity index is 0.000000647. The number of hydrogen-bond acceptors (Lipinski definition) is 6. The molecule has 2 aromatic rings. The molecule has 130 valence electrons. The molecule has 1 aliphatic rings. The first-order valence-electron chi connectivity index (χ1n) is 7.66. The summed E-state index contributed by atoms with van der Waals surface area (Å²) < 4.78 is 0. The second-order valence-corrected chi connectivity index (χ2v) is 6.23. The highest BCUT2D eigenvalue weighted by atomic mass is 32.1. The van der Waals surface area contributed by atoms with Crippen LogP contribution in [0.4, 0.5) is 0 Å². The van der Waals surface area contributed by atoms with Gasteiger partial charge in [0.25, 0.3) is 12.4 Å². The maximum atomic E-state index is 11.9. The molecule has 1 aliphatic heterocycles. The number of thiazole rings is 1. The molecule has 9 heteroatoms. The van der Waals surface area contributed by atoms with Gasteiger partial charge in [-0.05, 0) is 25.3 Å². The van der Waals surface area contributed by atoms with Crippen LogP contribution in [0.3, 0.4) is 0 Å². The number of H-pyrrole nitrogens is 1. The fraction of sp³-hybridized carbons (Fsp3) is 0.467. The number of imidazole rings is 1. The lowest BCUT2D eigenvalue weighted by molar-refractivity contribution is -0.122. The van der Waals surface area contributed by atoms with Crippen molar-refractivity contribution in [3.63, 3.8) is 0 Å². The van der Waals surface area contributed by atoms with Crippen LogP contribution in [-0.4, -0.2) is 57.0 Å². The smallest absolute Gasteiger partial charge is 0.290 e. The third-order valence-corrected chi connectivity index (χ3v) is 4.35. The van der Waals surface area contributed by atoms with Crippen molar-refractivity contribution in [1.82, 2.24) is 25.2 Å². The molecule has 1 saturated heterocycles. The van der Waals surface area contributed by atoms with E-state index in [9.17, 15) is 4.79 Å². The number of nitrogens with one attached hydrogen (secondary N) is 2. The quantitative estimate of drug-likeness (QED) is 0.698. The van der Waals surface area contributed by atoms with Gasteiger partial charge in [0.15, 0.2) is 0 Å². The first kappa shape index (κ1) is 18.1. The van der Waals surface area contributed by atoms with Gasteiger partial charge >= 0.3 is 0 Å². The Hall–Kier alpha value is -2.26. The lowest BCUT2D eigenvalue weighted by atomic mass is 9.98. The van der Waals surface area contributed by atoms with Gasteiger partial charge in [-0.15, -0.1) is 11.3 Å². The Morgan fingerprint density at radius 2 is 2.42 bits per heavy atom. The third kappa shape index (κ3) is 5.74. The lowest BCUT2D eigenvalue weighted by Gasteiger charge is -2.32. The van der Waals surface area contributed by atoms with Crippen LogP contribution in [0.1, 0.15) is 29.0 Å². The Bertz CT molecular complexity index is 603. The van der Waals surface area contributed by atoms with E-state index in [0.717, 1.165) is 38.3 Å². The van der Waals surface area contributed by atoms with Crippen molar-refractivity contribution in [1.29, 1.82) is 0 Å². The second-order valence-electron chi connectivity index (χ2n) is 5.51. The number of likely N-dealkylation sites (tertiary alicyclic amines) is 1. The molecule has 1 amide bonds. The summed E-state index contributed by atoms with van der Waals surface area (Å²) in [5.74, 6) is 0.436. The molecule has 3 rings (SSSR count). The molecular weight excluding hydrogens is 330 g/mol. The van der Waals surface area contributed by atoms with Crippen LogP contribution in [0.2, 0.25) is 0 Å². The minimum atomic E-state index is -0.250. The molecule has 1 atom stereocenters. The third-order valence-electron chi connectivity index (χ3n) is 3.77. The van der Waals surface area contributed by atoms with Crippen LogP contribution in [0.25, 0.3) is 0 Å². The van der Waals surface area contributed by atoms with Crippen molar-refractivity contribution in [3.05, 3.63) is 34.8 Å². The summed E-state index contributed by atoms with van der Waals surface area (Å²) in [5, 5.41) is 11.7. The molecule has 2 aromatic heterocycles. The van der Waals surface area contributed by atoms with E-state index in [0.29, 0.717) is 11.6 Å². The summed E-state index contributed by atoms with van der Waals surface area (Å²) in [6.07, 6.45) is 5.92. The lowest BCUT2D eigenvalue weighted by Crippen LogP contribution is -2.40. The Kier molecular flexibility index (Phi) is 7.37. The highest BCUT2D eigenvalue weighted by Gasteiger charge is 2.21. The standard InChI is InChI=1S/C14H19N5OS.CH2O2/c20-14(13-8-21-10-18-13)16-4-11-2-1-3-19(6-11)7-12-5-15-9-17-12;2-1-3/h5,8-11H,1-4,6-7H2,(H,15,17)(H,16,20);1H,(H,2,3). The van der Waals surface area contributed by atoms with E-state index in [4.69, 9.17) is 9.90 Å². The molecule has 1 unspecified atom stereocenters. The maximum absolute atomic E-state index is 11.9. The fourth-order valence-corrected chi connectivity index (χ4v) is 3.26. The van der Waals surface area contributed by atoms with E-state index < -0.39 is 0 Å². The molecule has 0 spiro atoms. The molecule has 0 aliphatic carbocycles. The number of carbonyl (C=O) groups excluding carboxylic acids is 1. The number of aromatic nitrogens is 3. The van der Waals surface area contributed by atoms with Gasteiger partial charge in [-0.2, -0.15) is 0 Å². The van der Waals surface area contributed by atoms with Gasteiger partial charge in [0.2, 0.25) is 0 Å². The van der Waals surface area contributed by atoms with Crippen LogP contribution in [0.5, 0.6) is 0 Å². The van der Waals surface area contributed by atoms with Gasteiger partial charge in [0.1, 0.15) is 5.69 Å². The zero-order valence-electron chi connectivity index (χ0n) is 13.2. The monoisotopic (exact) mass is 351 g/mol. The minimum absolute atomic E-state index is 0.0676. The summed E-state index contributed by atoms with van der Waals surface area (Å²) in [6, 6.07) is 0. The number of carbonyl (C=O) groups is 2. The van der Waals surface area contributed by atoms with Crippen LogP contribution >= 0.6 is 11.3 Å². The van der Waals surface area contributed by atoms with Gasteiger partial charge in [-0.25, -0.2) is 9.97 Å². The molecular formula is C15H21N5O3S. The number of piperidine rings is 1. The van der Waals surface area contributed by atoms with Crippen molar-refractivity contribution in [2.24, 2.45) is 5.92 Å². The predicted molar refractivity (Wildman–Crippen MR) is 89.7 cm³/mol. The first-order chi connectivity index (χ1) is 11.7. The molecule has 24 heavy (non-hydrogen) atoms. The largest absolute Gasteiger partial charge is 0.483 e. The molecule has 3 heterocycles. The van der Waals surface area contributed by atoms with E-state index in [2.05, 4.69) is 25.2 Å². The molecule has 0 saturated carbocycles. The average Bonchev–Trinajstić information content (AvgIpc) is 3.27. The maximum Gasteiger partial charge on any atom is 0.290 e. The number of hydrogen-bond donors (Lipinski definition) is 3. The van der Waals surface area contributed by atoms with Gasteiger partial charge in [0.05, 0.1) is 11.8 Å². The van der Waals surface area contributed by atoms with E-state index in [1.54, 1.807) is 17.2 Å². The van der Waals surface area contributed by atoms with Crippen LogP contribution < -0.4 is 5.32 Å². The molecule has 0 radical (unpaired) electrons. The molecule has 0 aromatic carbocycles. The van der Waals surface area contributed by atoms with Crippen LogP contribution in [0, 0.1) is 5.92 Å². The minimum Gasteiger partial charge on any atom is -0.483 e. The zero-order chi connectivity index (χ0) is 17.2. The van der Waals surface area contributed by atoms with E-state index in [-0.39, 0.29) is 12.4 Å². The van der Waals surface area contributed by atoms with Crippen molar-refractivity contribution in [3.8, 4) is 0 Å². The number of carboxylic acid groups (broad SMARTS) is 1. The molecule has 8 nitrogen and oxygen atoms in total. The topological polar surface area (TPSA) is 111 Å². The van der Waals surface area contributed by atoms with Crippen molar-refractivity contribution < 1.29 is 14.7 Å². The second kappa shape index (κ2) is 9.78. The van der Waals surface area contributed by atoms with Crippen LogP contribution in [0.15, 0.2) is 23.4 Å². The van der Waals surface area contributed by atoms with E-state index in [1.165, 1.54) is 17.8 Å². The Morgan fingerprint density at radius 1 is 1.58 bits per heavy atom. The SMILES string of the molecule is O=C(NCC1CCCN(Cc2cnc[nH]2)C1)c1cscn1.O=CO. The fourth-order valence-electron chi connectivity index (χ4n) is 2.73. The highest BCUT2D eigenvalue weighted by molar-refractivity contribution is 7.07. The van der Waals surface area contributed by atoms with Gasteiger partial charge < -0.3 is 15.4 Å². The zero-order valence-corrected chi connectivity index (χ0v) is 14.0.